The minimum atomic E-state index is -4.58. The van der Waals surface area contributed by atoms with Crippen molar-refractivity contribution in [2.75, 3.05) is 0 Å². The molecule has 0 heterocycles. The molecule has 110 valence electrons. The van der Waals surface area contributed by atoms with Crippen LogP contribution in [-0.4, -0.2) is 6.18 Å². The lowest BCUT2D eigenvalue weighted by molar-refractivity contribution is -0.0912. The molecule has 0 aromatic rings. The van der Waals surface area contributed by atoms with Crippen LogP contribution in [0.4, 0.5) is 13.2 Å². The number of hydrogen-bond donors (Lipinski definition) is 1. The van der Waals surface area contributed by atoms with Crippen LogP contribution in [0.25, 0.3) is 0 Å². The summed E-state index contributed by atoms with van der Waals surface area (Å²) >= 11 is 5.62. The Labute approximate surface area is 122 Å². The number of nitrogens with two attached hydrogens (primary N) is 1. The normalized spacial score (nSPS) is 24.6. The maximum absolute atomic E-state index is 13.3. The Morgan fingerprint density at radius 2 is 2.00 bits per heavy atom. The molecule has 1 nitrogen and oxygen atoms in total. The quantitative estimate of drug-likeness (QED) is 0.731. The standard InChI is InChI=1S/C15H17ClF3N/c1-10(16)9-12(20)13(15(17,18)19)11(2)14(3)7-5-4-6-8-14/h4-7,9H,2,8,20H2,1,3H3/b10-9+,13-12-. The fourth-order valence-corrected chi connectivity index (χ4v) is 2.15. The number of halogens is 4. The van der Waals surface area contributed by atoms with E-state index in [-0.39, 0.29) is 10.6 Å². The van der Waals surface area contributed by atoms with E-state index in [0.29, 0.717) is 6.42 Å². The van der Waals surface area contributed by atoms with Crippen molar-refractivity contribution in [1.29, 1.82) is 0 Å². The molecule has 0 spiro atoms. The first-order valence-corrected chi connectivity index (χ1v) is 6.40. The molecule has 0 bridgehead atoms. The number of alkyl halides is 3. The predicted octanol–water partition coefficient (Wildman–Crippen LogP) is 4.98. The molecule has 1 unspecified atom stereocenters. The molecular formula is C15H17ClF3N. The van der Waals surface area contributed by atoms with Gasteiger partial charge in [-0.25, -0.2) is 0 Å². The number of rotatable bonds is 3. The minimum Gasteiger partial charge on any atom is -0.398 e. The summed E-state index contributed by atoms with van der Waals surface area (Å²) in [6.07, 6.45) is 3.96. The Balaban J connectivity index is 3.34. The van der Waals surface area contributed by atoms with Crippen LogP contribution in [0.15, 0.2) is 58.8 Å². The Kier molecular flexibility index (Phi) is 4.92. The average molecular weight is 304 g/mol. The van der Waals surface area contributed by atoms with Crippen molar-refractivity contribution in [3.63, 3.8) is 0 Å². The van der Waals surface area contributed by atoms with E-state index in [1.165, 1.54) is 6.92 Å². The third kappa shape index (κ3) is 3.79. The Bertz CT molecular complexity index is 520. The van der Waals surface area contributed by atoms with E-state index in [4.69, 9.17) is 17.3 Å². The molecule has 0 saturated carbocycles. The van der Waals surface area contributed by atoms with Crippen LogP contribution < -0.4 is 5.73 Å². The molecular weight excluding hydrogens is 287 g/mol. The van der Waals surface area contributed by atoms with Crippen molar-refractivity contribution >= 4 is 11.6 Å². The maximum atomic E-state index is 13.3. The second kappa shape index (κ2) is 5.92. The van der Waals surface area contributed by atoms with Crippen molar-refractivity contribution < 1.29 is 13.2 Å². The molecule has 0 aromatic carbocycles. The smallest absolute Gasteiger partial charge is 0.398 e. The van der Waals surface area contributed by atoms with Gasteiger partial charge in [-0.05, 0) is 25.0 Å². The molecule has 2 N–H and O–H groups in total. The van der Waals surface area contributed by atoms with E-state index in [1.807, 2.05) is 0 Å². The molecule has 0 radical (unpaired) electrons. The van der Waals surface area contributed by atoms with Crippen LogP contribution in [0, 0.1) is 5.41 Å². The highest BCUT2D eigenvalue weighted by Gasteiger charge is 2.42. The van der Waals surface area contributed by atoms with E-state index in [2.05, 4.69) is 6.58 Å². The van der Waals surface area contributed by atoms with Gasteiger partial charge in [-0.1, -0.05) is 49.4 Å². The van der Waals surface area contributed by atoms with E-state index >= 15 is 0 Å². The highest BCUT2D eigenvalue weighted by atomic mass is 35.5. The number of hydrogen-bond acceptors (Lipinski definition) is 1. The topological polar surface area (TPSA) is 26.0 Å². The van der Waals surface area contributed by atoms with Crippen LogP contribution in [0.5, 0.6) is 0 Å². The second-order valence-corrected chi connectivity index (χ2v) is 5.54. The van der Waals surface area contributed by atoms with Gasteiger partial charge in [0.1, 0.15) is 0 Å². The van der Waals surface area contributed by atoms with Gasteiger partial charge in [0, 0.05) is 16.1 Å². The van der Waals surface area contributed by atoms with E-state index < -0.39 is 22.9 Å². The van der Waals surface area contributed by atoms with Gasteiger partial charge < -0.3 is 5.73 Å². The van der Waals surface area contributed by atoms with Crippen molar-refractivity contribution in [2.24, 2.45) is 11.1 Å². The molecule has 20 heavy (non-hydrogen) atoms. The SMILES string of the molecule is C=C(/C(=C(N)\C=C(/C)Cl)C(F)(F)F)C1(C)C=CC=CC1. The van der Waals surface area contributed by atoms with Gasteiger partial charge in [-0.2, -0.15) is 13.2 Å². The molecule has 0 saturated heterocycles. The Hall–Kier alpha value is -1.42. The maximum Gasteiger partial charge on any atom is 0.418 e. The summed E-state index contributed by atoms with van der Waals surface area (Å²) in [6.45, 7) is 6.80. The van der Waals surface area contributed by atoms with Crippen LogP contribution in [-0.2, 0) is 0 Å². The third-order valence-electron chi connectivity index (χ3n) is 3.17. The zero-order valence-corrected chi connectivity index (χ0v) is 12.1. The largest absolute Gasteiger partial charge is 0.418 e. The highest BCUT2D eigenvalue weighted by molar-refractivity contribution is 6.29. The predicted molar refractivity (Wildman–Crippen MR) is 77.0 cm³/mol. The third-order valence-corrected chi connectivity index (χ3v) is 3.28. The summed E-state index contributed by atoms with van der Waals surface area (Å²) in [6, 6.07) is 0. The first-order chi connectivity index (χ1) is 9.08. The molecule has 0 amide bonds. The molecule has 1 aliphatic rings. The summed E-state index contributed by atoms with van der Waals surface area (Å²) in [7, 11) is 0. The lowest BCUT2D eigenvalue weighted by Gasteiger charge is -2.32. The second-order valence-electron chi connectivity index (χ2n) is 4.95. The van der Waals surface area contributed by atoms with E-state index in [0.717, 1.165) is 6.08 Å². The Morgan fingerprint density at radius 3 is 2.40 bits per heavy atom. The zero-order chi connectivity index (χ0) is 15.6. The fourth-order valence-electron chi connectivity index (χ4n) is 2.03. The van der Waals surface area contributed by atoms with Crippen LogP contribution in [0.3, 0.4) is 0 Å². The molecule has 1 atom stereocenters. The van der Waals surface area contributed by atoms with E-state index in [9.17, 15) is 13.2 Å². The van der Waals surface area contributed by atoms with Gasteiger partial charge in [0.2, 0.25) is 0 Å². The average Bonchev–Trinajstić information content (AvgIpc) is 2.26. The highest BCUT2D eigenvalue weighted by Crippen LogP contribution is 2.44. The van der Waals surface area contributed by atoms with Crippen molar-refractivity contribution in [3.05, 3.63) is 58.8 Å². The van der Waals surface area contributed by atoms with Gasteiger partial charge in [-0.3, -0.25) is 0 Å². The van der Waals surface area contributed by atoms with Crippen molar-refractivity contribution in [1.82, 2.24) is 0 Å². The molecule has 1 aliphatic carbocycles. The molecule has 0 fully saturated rings. The van der Waals surface area contributed by atoms with Crippen molar-refractivity contribution in [3.8, 4) is 0 Å². The summed E-state index contributed by atoms with van der Waals surface area (Å²) in [5.41, 5.74) is 3.37. The van der Waals surface area contributed by atoms with Crippen LogP contribution in [0.1, 0.15) is 20.3 Å². The van der Waals surface area contributed by atoms with E-state index in [1.54, 1.807) is 31.2 Å². The summed E-state index contributed by atoms with van der Waals surface area (Å²) in [4.78, 5) is 0. The molecule has 0 aromatic heterocycles. The van der Waals surface area contributed by atoms with Gasteiger partial charge in [0.25, 0.3) is 0 Å². The summed E-state index contributed by atoms with van der Waals surface area (Å²) < 4.78 is 39.8. The lowest BCUT2D eigenvalue weighted by Crippen LogP contribution is -2.27. The zero-order valence-electron chi connectivity index (χ0n) is 11.4. The Morgan fingerprint density at radius 1 is 1.40 bits per heavy atom. The van der Waals surface area contributed by atoms with Crippen molar-refractivity contribution in [2.45, 2.75) is 26.4 Å². The monoisotopic (exact) mass is 303 g/mol. The summed E-state index contributed by atoms with van der Waals surface area (Å²) in [5, 5.41) is 0.182. The van der Waals surface area contributed by atoms with Gasteiger partial charge >= 0.3 is 6.18 Å². The van der Waals surface area contributed by atoms with Crippen LogP contribution >= 0.6 is 11.6 Å². The van der Waals surface area contributed by atoms with Gasteiger partial charge in [-0.15, -0.1) is 0 Å². The summed E-state index contributed by atoms with van der Waals surface area (Å²) in [5.74, 6) is 0. The van der Waals surface area contributed by atoms with Gasteiger partial charge in [0.05, 0.1) is 5.57 Å². The molecule has 1 rings (SSSR count). The lowest BCUT2D eigenvalue weighted by atomic mass is 9.74. The minimum absolute atomic E-state index is 0.0581. The first-order valence-electron chi connectivity index (χ1n) is 6.03. The fraction of sp³-hybridized carbons (Fsp3) is 0.333. The molecule has 5 heteroatoms. The molecule has 0 aliphatic heterocycles. The van der Waals surface area contributed by atoms with Gasteiger partial charge in [0.15, 0.2) is 0 Å². The van der Waals surface area contributed by atoms with Crippen LogP contribution in [0.2, 0.25) is 0 Å². The number of allylic oxidation sites excluding steroid dienone is 8. The first kappa shape index (κ1) is 16.6.